The van der Waals surface area contributed by atoms with Crippen molar-refractivity contribution >= 4 is 27.9 Å². The molecule has 1 saturated heterocycles. The second-order valence-corrected chi connectivity index (χ2v) is 7.34. The number of pyridine rings is 1. The average molecular weight is 463 g/mol. The van der Waals surface area contributed by atoms with Gasteiger partial charge in [-0.05, 0) is 45.8 Å². The molecule has 0 bridgehead atoms. The molecule has 1 aliphatic rings. The van der Waals surface area contributed by atoms with Crippen LogP contribution in [0.1, 0.15) is 12.0 Å². The second kappa shape index (κ2) is 9.65. The molecule has 8 heteroatoms. The van der Waals surface area contributed by atoms with Crippen LogP contribution in [0.25, 0.3) is 6.08 Å². The van der Waals surface area contributed by atoms with E-state index in [9.17, 15) is 4.79 Å². The molecule has 2 aromatic rings. The van der Waals surface area contributed by atoms with Gasteiger partial charge in [-0.2, -0.15) is 0 Å². The third-order valence-corrected chi connectivity index (χ3v) is 5.02. The average Bonchev–Trinajstić information content (AvgIpc) is 3.21. The van der Waals surface area contributed by atoms with Crippen molar-refractivity contribution in [1.29, 1.82) is 0 Å². The highest BCUT2D eigenvalue weighted by Crippen LogP contribution is 2.38. The molecule has 0 aliphatic carbocycles. The predicted molar refractivity (Wildman–Crippen MR) is 113 cm³/mol. The van der Waals surface area contributed by atoms with E-state index >= 15 is 0 Å². The fraction of sp³-hybridized carbons (Fsp3) is 0.333. The zero-order valence-corrected chi connectivity index (χ0v) is 18.1. The molecule has 1 aliphatic heterocycles. The number of benzene rings is 1. The highest BCUT2D eigenvalue weighted by Gasteiger charge is 2.26. The van der Waals surface area contributed by atoms with Crippen LogP contribution in [-0.4, -0.2) is 56.3 Å². The molecule has 2 heterocycles. The highest BCUT2D eigenvalue weighted by atomic mass is 79.9. The number of hydrogen-bond donors (Lipinski definition) is 0. The minimum absolute atomic E-state index is 0.0674. The number of amides is 1. The van der Waals surface area contributed by atoms with E-state index in [1.807, 2.05) is 6.07 Å². The van der Waals surface area contributed by atoms with E-state index in [2.05, 4.69) is 20.9 Å². The summed E-state index contributed by atoms with van der Waals surface area (Å²) in [6, 6.07) is 7.26. The number of hydrogen-bond acceptors (Lipinski definition) is 6. The Hall–Kier alpha value is -2.74. The minimum atomic E-state index is -0.0754. The summed E-state index contributed by atoms with van der Waals surface area (Å²) in [6.07, 6.45) is 5.66. The molecule has 1 amide bonds. The molecule has 1 aromatic heterocycles. The number of aromatic nitrogens is 1. The Balaban J connectivity index is 1.63. The van der Waals surface area contributed by atoms with Gasteiger partial charge >= 0.3 is 0 Å². The van der Waals surface area contributed by atoms with E-state index in [0.717, 1.165) is 16.5 Å². The first-order valence-corrected chi connectivity index (χ1v) is 9.88. The second-order valence-electron chi connectivity index (χ2n) is 6.42. The number of carbonyl (C=O) groups is 1. The van der Waals surface area contributed by atoms with Gasteiger partial charge in [-0.3, -0.25) is 4.79 Å². The standard InChI is InChI=1S/C21H23BrN2O5/c1-26-17-10-14(11-18(27-2)21(17)28-3)4-7-20(25)24-9-8-16(13-24)29-19-6-5-15(22)12-23-19/h4-7,10-12,16H,8-9,13H2,1-3H3/b7-4+. The molecule has 1 fully saturated rings. The third kappa shape index (κ3) is 5.20. The van der Waals surface area contributed by atoms with Gasteiger partial charge in [0.2, 0.25) is 17.5 Å². The van der Waals surface area contributed by atoms with Crippen LogP contribution in [0.4, 0.5) is 0 Å². The molecular weight excluding hydrogens is 440 g/mol. The summed E-state index contributed by atoms with van der Waals surface area (Å²) in [4.78, 5) is 18.5. The first-order valence-electron chi connectivity index (χ1n) is 9.09. The van der Waals surface area contributed by atoms with Gasteiger partial charge in [-0.1, -0.05) is 0 Å². The smallest absolute Gasteiger partial charge is 0.246 e. The van der Waals surface area contributed by atoms with Crippen molar-refractivity contribution in [2.45, 2.75) is 12.5 Å². The van der Waals surface area contributed by atoms with Crippen LogP contribution < -0.4 is 18.9 Å². The SMILES string of the molecule is COc1cc(/C=C/C(=O)N2CCC(Oc3ccc(Br)cn3)C2)cc(OC)c1OC. The summed E-state index contributed by atoms with van der Waals surface area (Å²) in [5, 5.41) is 0. The lowest BCUT2D eigenvalue weighted by Gasteiger charge is -2.15. The Bertz CT molecular complexity index is 860. The Morgan fingerprint density at radius 3 is 2.48 bits per heavy atom. The summed E-state index contributed by atoms with van der Waals surface area (Å²) >= 11 is 3.35. The largest absolute Gasteiger partial charge is 0.493 e. The lowest BCUT2D eigenvalue weighted by Crippen LogP contribution is -2.29. The van der Waals surface area contributed by atoms with Crippen LogP contribution in [0, 0.1) is 0 Å². The summed E-state index contributed by atoms with van der Waals surface area (Å²) in [6.45, 7) is 1.16. The van der Waals surface area contributed by atoms with E-state index in [0.29, 0.717) is 36.2 Å². The minimum Gasteiger partial charge on any atom is -0.493 e. The lowest BCUT2D eigenvalue weighted by atomic mass is 10.1. The van der Waals surface area contributed by atoms with E-state index in [4.69, 9.17) is 18.9 Å². The summed E-state index contributed by atoms with van der Waals surface area (Å²) in [7, 11) is 4.66. The molecule has 0 radical (unpaired) electrons. The Morgan fingerprint density at radius 2 is 1.90 bits per heavy atom. The van der Waals surface area contributed by atoms with Crippen LogP contribution in [0.15, 0.2) is 41.0 Å². The number of carbonyl (C=O) groups excluding carboxylic acids is 1. The van der Waals surface area contributed by atoms with Crippen molar-refractivity contribution in [3.05, 3.63) is 46.6 Å². The molecule has 0 spiro atoms. The fourth-order valence-electron chi connectivity index (χ4n) is 3.10. The molecule has 154 valence electrons. The zero-order chi connectivity index (χ0) is 20.8. The van der Waals surface area contributed by atoms with Gasteiger partial charge in [-0.15, -0.1) is 0 Å². The van der Waals surface area contributed by atoms with Crippen LogP contribution in [0.3, 0.4) is 0 Å². The lowest BCUT2D eigenvalue weighted by molar-refractivity contribution is -0.125. The number of methoxy groups -OCH3 is 3. The first-order chi connectivity index (χ1) is 14.0. The molecule has 3 rings (SSSR count). The topological polar surface area (TPSA) is 70.1 Å². The molecule has 0 N–H and O–H groups in total. The Morgan fingerprint density at radius 1 is 1.17 bits per heavy atom. The molecule has 1 atom stereocenters. The van der Waals surface area contributed by atoms with Crippen LogP contribution in [0.2, 0.25) is 0 Å². The van der Waals surface area contributed by atoms with E-state index in [1.165, 1.54) is 0 Å². The van der Waals surface area contributed by atoms with Gasteiger partial charge in [0.05, 0.1) is 27.9 Å². The predicted octanol–water partition coefficient (Wildman–Crippen LogP) is 3.56. The summed E-state index contributed by atoms with van der Waals surface area (Å²) < 4.78 is 22.8. The maximum Gasteiger partial charge on any atom is 0.246 e. The maximum absolute atomic E-state index is 12.6. The van der Waals surface area contributed by atoms with E-state index in [-0.39, 0.29) is 12.0 Å². The highest BCUT2D eigenvalue weighted by molar-refractivity contribution is 9.10. The summed E-state index contributed by atoms with van der Waals surface area (Å²) in [5.74, 6) is 2.07. The van der Waals surface area contributed by atoms with Crippen molar-refractivity contribution in [3.8, 4) is 23.1 Å². The van der Waals surface area contributed by atoms with Crippen molar-refractivity contribution in [1.82, 2.24) is 9.88 Å². The van der Waals surface area contributed by atoms with Gasteiger partial charge in [0.15, 0.2) is 11.5 Å². The monoisotopic (exact) mass is 462 g/mol. The first kappa shape index (κ1) is 21.0. The van der Waals surface area contributed by atoms with Crippen LogP contribution in [0.5, 0.6) is 23.1 Å². The van der Waals surface area contributed by atoms with Crippen molar-refractivity contribution in [3.63, 3.8) is 0 Å². The fourth-order valence-corrected chi connectivity index (χ4v) is 3.33. The molecule has 0 saturated carbocycles. The number of nitrogens with zero attached hydrogens (tertiary/aromatic N) is 2. The van der Waals surface area contributed by atoms with Crippen LogP contribution >= 0.6 is 15.9 Å². The number of ether oxygens (including phenoxy) is 4. The molecule has 7 nitrogen and oxygen atoms in total. The van der Waals surface area contributed by atoms with Crippen molar-refractivity contribution in [2.75, 3.05) is 34.4 Å². The normalized spacial score (nSPS) is 16.1. The number of rotatable bonds is 7. The van der Waals surface area contributed by atoms with Gasteiger partial charge in [0.1, 0.15) is 6.10 Å². The Kier molecular flexibility index (Phi) is 6.98. The maximum atomic E-state index is 12.6. The van der Waals surface area contributed by atoms with Gasteiger partial charge in [0, 0.05) is 35.8 Å². The van der Waals surface area contributed by atoms with Gasteiger partial charge < -0.3 is 23.8 Å². The summed E-state index contributed by atoms with van der Waals surface area (Å²) in [5.41, 5.74) is 0.777. The van der Waals surface area contributed by atoms with Crippen molar-refractivity contribution < 1.29 is 23.7 Å². The Labute approximate surface area is 178 Å². The molecule has 29 heavy (non-hydrogen) atoms. The number of halogens is 1. The van der Waals surface area contributed by atoms with Gasteiger partial charge in [-0.25, -0.2) is 4.98 Å². The molecule has 1 aromatic carbocycles. The van der Waals surface area contributed by atoms with Gasteiger partial charge in [0.25, 0.3) is 0 Å². The van der Waals surface area contributed by atoms with Crippen LogP contribution in [-0.2, 0) is 4.79 Å². The third-order valence-electron chi connectivity index (χ3n) is 4.55. The van der Waals surface area contributed by atoms with Crippen molar-refractivity contribution in [2.24, 2.45) is 0 Å². The quantitative estimate of drug-likeness (QED) is 0.585. The molecule has 1 unspecified atom stereocenters. The van der Waals surface area contributed by atoms with E-state index in [1.54, 1.807) is 62.8 Å². The number of likely N-dealkylation sites (tertiary alicyclic amines) is 1. The zero-order valence-electron chi connectivity index (χ0n) is 16.6. The van der Waals surface area contributed by atoms with E-state index < -0.39 is 0 Å². The molecular formula is C21H23BrN2O5.